The van der Waals surface area contributed by atoms with Crippen LogP contribution in [-0.2, 0) is 6.42 Å². The molecule has 1 aromatic heterocycles. The van der Waals surface area contributed by atoms with E-state index < -0.39 is 6.10 Å². The van der Waals surface area contributed by atoms with E-state index in [2.05, 4.69) is 9.36 Å². The molecule has 1 N–H and O–H groups in total. The maximum Gasteiger partial charge on any atom is 0.174 e. The molecule has 0 radical (unpaired) electrons. The topological polar surface area (TPSA) is 46.0 Å². The van der Waals surface area contributed by atoms with Gasteiger partial charge in [-0.2, -0.15) is 4.37 Å². The van der Waals surface area contributed by atoms with Crippen LogP contribution in [0, 0.1) is 0 Å². The first-order valence-corrected chi connectivity index (χ1v) is 7.06. The van der Waals surface area contributed by atoms with Gasteiger partial charge in [-0.3, -0.25) is 0 Å². The van der Waals surface area contributed by atoms with E-state index in [1.54, 1.807) is 18.7 Å². The zero-order valence-electron chi connectivity index (χ0n) is 9.75. The first kappa shape index (κ1) is 12.5. The van der Waals surface area contributed by atoms with Gasteiger partial charge in [-0.05, 0) is 36.2 Å². The van der Waals surface area contributed by atoms with Crippen molar-refractivity contribution in [1.82, 2.24) is 9.36 Å². The molecular weight excluding hydrogens is 252 g/mol. The van der Waals surface area contributed by atoms with Crippen LogP contribution in [0.3, 0.4) is 0 Å². The summed E-state index contributed by atoms with van der Waals surface area (Å²) in [5.41, 5.74) is 0.931. The summed E-state index contributed by atoms with van der Waals surface area (Å²) in [5, 5.41) is 9.41. The number of rotatable bonds is 4. The maximum absolute atomic E-state index is 9.41. The first-order valence-electron chi connectivity index (χ1n) is 5.47. The number of aryl methyl sites for hydroxylation is 1. The highest BCUT2D eigenvalue weighted by Gasteiger charge is 2.05. The van der Waals surface area contributed by atoms with Crippen LogP contribution in [0.1, 0.15) is 31.3 Å². The molecule has 17 heavy (non-hydrogen) atoms. The average molecular weight is 266 g/mol. The number of aromatic nitrogens is 2. The molecule has 0 amide bonds. The Kier molecular flexibility index (Phi) is 4.15. The number of hydrogen-bond acceptors (Lipinski definition) is 5. The van der Waals surface area contributed by atoms with Crippen LogP contribution in [0.15, 0.2) is 33.5 Å². The van der Waals surface area contributed by atoms with E-state index >= 15 is 0 Å². The van der Waals surface area contributed by atoms with E-state index in [1.807, 2.05) is 31.2 Å². The third kappa shape index (κ3) is 3.28. The van der Waals surface area contributed by atoms with Crippen LogP contribution in [0.2, 0.25) is 0 Å². The van der Waals surface area contributed by atoms with Gasteiger partial charge < -0.3 is 5.11 Å². The second-order valence-corrected chi connectivity index (χ2v) is 5.75. The SMILES string of the molecule is CCc1nsc(Sc2ccc(C(C)O)cc2)n1. The molecule has 0 saturated carbocycles. The van der Waals surface area contributed by atoms with Crippen molar-refractivity contribution >= 4 is 23.3 Å². The smallest absolute Gasteiger partial charge is 0.174 e. The quantitative estimate of drug-likeness (QED) is 0.922. The Hall–Kier alpha value is -0.910. The van der Waals surface area contributed by atoms with Crippen molar-refractivity contribution in [3.63, 3.8) is 0 Å². The summed E-state index contributed by atoms with van der Waals surface area (Å²) >= 11 is 3.04. The molecule has 1 unspecified atom stereocenters. The predicted octanol–water partition coefficient (Wildman–Crippen LogP) is 3.31. The summed E-state index contributed by atoms with van der Waals surface area (Å²) in [7, 11) is 0. The second kappa shape index (κ2) is 5.62. The summed E-state index contributed by atoms with van der Waals surface area (Å²) in [6, 6.07) is 7.88. The molecule has 0 aliphatic heterocycles. The second-order valence-electron chi connectivity index (χ2n) is 3.68. The molecule has 90 valence electrons. The molecule has 3 nitrogen and oxygen atoms in total. The van der Waals surface area contributed by atoms with Crippen LogP contribution in [0.25, 0.3) is 0 Å². The number of aliphatic hydroxyl groups excluding tert-OH is 1. The first-order chi connectivity index (χ1) is 8.19. The molecule has 5 heteroatoms. The lowest BCUT2D eigenvalue weighted by molar-refractivity contribution is 0.199. The Bertz CT molecular complexity index is 480. The van der Waals surface area contributed by atoms with Crippen molar-refractivity contribution < 1.29 is 5.11 Å². The number of hydrogen-bond donors (Lipinski definition) is 1. The number of aliphatic hydroxyl groups is 1. The fraction of sp³-hybridized carbons (Fsp3) is 0.333. The molecule has 0 saturated heterocycles. The summed E-state index contributed by atoms with van der Waals surface area (Å²) in [6.07, 6.45) is 0.458. The molecule has 1 atom stereocenters. The van der Waals surface area contributed by atoms with Gasteiger partial charge in [0.2, 0.25) is 0 Å². The molecule has 0 spiro atoms. The average Bonchev–Trinajstić information content (AvgIpc) is 2.77. The fourth-order valence-electron chi connectivity index (χ4n) is 1.34. The van der Waals surface area contributed by atoms with E-state index in [0.717, 1.165) is 27.0 Å². The van der Waals surface area contributed by atoms with Gasteiger partial charge in [0.15, 0.2) is 4.34 Å². The minimum absolute atomic E-state index is 0.415. The minimum Gasteiger partial charge on any atom is -0.389 e. The summed E-state index contributed by atoms with van der Waals surface area (Å²) in [5.74, 6) is 0.901. The minimum atomic E-state index is -0.415. The van der Waals surface area contributed by atoms with Gasteiger partial charge in [0.1, 0.15) is 5.82 Å². The van der Waals surface area contributed by atoms with Gasteiger partial charge >= 0.3 is 0 Å². The lowest BCUT2D eigenvalue weighted by Crippen LogP contribution is -1.89. The van der Waals surface area contributed by atoms with Crippen molar-refractivity contribution in [2.45, 2.75) is 35.6 Å². The summed E-state index contributed by atoms with van der Waals surface area (Å²) in [6.45, 7) is 3.81. The van der Waals surface area contributed by atoms with Crippen LogP contribution in [0.5, 0.6) is 0 Å². The molecule has 1 aromatic carbocycles. The van der Waals surface area contributed by atoms with E-state index in [-0.39, 0.29) is 0 Å². The third-order valence-corrected chi connectivity index (χ3v) is 4.13. The Morgan fingerprint density at radius 3 is 2.59 bits per heavy atom. The molecule has 0 bridgehead atoms. The molecule has 2 aromatic rings. The van der Waals surface area contributed by atoms with Crippen molar-refractivity contribution in [1.29, 1.82) is 0 Å². The molecular formula is C12H14N2OS2. The van der Waals surface area contributed by atoms with Gasteiger partial charge in [0.25, 0.3) is 0 Å². The Labute approximate surface area is 109 Å². The maximum atomic E-state index is 9.41. The lowest BCUT2D eigenvalue weighted by Gasteiger charge is -2.04. The van der Waals surface area contributed by atoms with Gasteiger partial charge in [-0.25, -0.2) is 4.98 Å². The number of nitrogens with zero attached hydrogens (tertiary/aromatic N) is 2. The molecule has 0 aliphatic rings. The van der Waals surface area contributed by atoms with Gasteiger partial charge in [-0.1, -0.05) is 30.8 Å². The van der Waals surface area contributed by atoms with Crippen LogP contribution in [-0.4, -0.2) is 14.5 Å². The fourth-order valence-corrected chi connectivity index (χ4v) is 3.01. The molecule has 0 fully saturated rings. The lowest BCUT2D eigenvalue weighted by atomic mass is 10.1. The monoisotopic (exact) mass is 266 g/mol. The van der Waals surface area contributed by atoms with Crippen molar-refractivity contribution in [3.8, 4) is 0 Å². The van der Waals surface area contributed by atoms with E-state index in [9.17, 15) is 5.11 Å². The number of benzene rings is 1. The Balaban J connectivity index is 2.08. The molecule has 2 rings (SSSR count). The van der Waals surface area contributed by atoms with Gasteiger partial charge in [0, 0.05) is 11.3 Å². The van der Waals surface area contributed by atoms with Crippen molar-refractivity contribution in [2.24, 2.45) is 0 Å². The third-order valence-electron chi connectivity index (χ3n) is 2.33. The molecule has 1 heterocycles. The standard InChI is InChI=1S/C12H14N2OS2/c1-3-11-13-12(17-14-11)16-10-6-4-9(5-7-10)8(2)15/h4-8,15H,3H2,1-2H3. The van der Waals surface area contributed by atoms with Crippen LogP contribution < -0.4 is 0 Å². The largest absolute Gasteiger partial charge is 0.389 e. The normalized spacial score (nSPS) is 12.6. The highest BCUT2D eigenvalue weighted by molar-refractivity contribution is 8.01. The highest BCUT2D eigenvalue weighted by atomic mass is 32.2. The van der Waals surface area contributed by atoms with Crippen molar-refractivity contribution in [3.05, 3.63) is 35.7 Å². The summed E-state index contributed by atoms with van der Waals surface area (Å²) in [4.78, 5) is 5.52. The zero-order chi connectivity index (χ0) is 12.3. The Morgan fingerprint density at radius 1 is 1.35 bits per heavy atom. The Morgan fingerprint density at radius 2 is 2.06 bits per heavy atom. The molecule has 0 aliphatic carbocycles. The highest BCUT2D eigenvalue weighted by Crippen LogP contribution is 2.29. The van der Waals surface area contributed by atoms with Gasteiger partial charge in [0.05, 0.1) is 6.10 Å². The van der Waals surface area contributed by atoms with E-state index in [1.165, 1.54) is 11.5 Å². The zero-order valence-corrected chi connectivity index (χ0v) is 11.4. The summed E-state index contributed by atoms with van der Waals surface area (Å²) < 4.78 is 5.21. The van der Waals surface area contributed by atoms with Gasteiger partial charge in [-0.15, -0.1) is 0 Å². The van der Waals surface area contributed by atoms with E-state index in [0.29, 0.717) is 0 Å². The van der Waals surface area contributed by atoms with Crippen molar-refractivity contribution in [2.75, 3.05) is 0 Å². The van der Waals surface area contributed by atoms with Crippen LogP contribution in [0.4, 0.5) is 0 Å². The van der Waals surface area contributed by atoms with Crippen LogP contribution >= 0.6 is 23.3 Å². The predicted molar refractivity (Wildman–Crippen MR) is 70.5 cm³/mol. The van der Waals surface area contributed by atoms with E-state index in [4.69, 9.17) is 0 Å².